The van der Waals surface area contributed by atoms with Gasteiger partial charge in [-0.2, -0.15) is 0 Å². The van der Waals surface area contributed by atoms with Gasteiger partial charge in [0.15, 0.2) is 0 Å². The molecule has 5 aromatic rings. The fourth-order valence-corrected chi connectivity index (χ4v) is 11.5. The van der Waals surface area contributed by atoms with Crippen LogP contribution in [0.5, 0.6) is 5.75 Å². The van der Waals surface area contributed by atoms with Crippen LogP contribution in [0, 0.1) is 0 Å². The fraction of sp³-hybridized carbons (Fsp3) is 0.308. The van der Waals surface area contributed by atoms with E-state index < -0.39 is 13.9 Å². The Labute approximate surface area is 278 Å². The molecule has 5 rings (SSSR count). The van der Waals surface area contributed by atoms with Crippen LogP contribution in [-0.4, -0.2) is 40.3 Å². The predicted octanol–water partition coefficient (Wildman–Crippen LogP) is 9.29. The molecule has 0 aliphatic rings. The van der Waals surface area contributed by atoms with Gasteiger partial charge in [0.2, 0.25) is 0 Å². The minimum absolute atomic E-state index is 0.0488. The minimum Gasteiger partial charge on any atom is -0.493 e. The zero-order chi connectivity index (χ0) is 33.0. The molecule has 0 bridgehead atoms. The number of carbonyl (C=O) groups is 1. The number of rotatable bonds is 10. The summed E-state index contributed by atoms with van der Waals surface area (Å²) in [5.41, 5.74) is 1.35. The Hall–Kier alpha value is -3.91. The van der Waals surface area contributed by atoms with E-state index in [1.54, 1.807) is 18.4 Å². The Morgan fingerprint density at radius 1 is 0.761 bits per heavy atom. The van der Waals surface area contributed by atoms with Gasteiger partial charge in [-0.05, 0) is 83.5 Å². The van der Waals surface area contributed by atoms with Gasteiger partial charge in [0.1, 0.15) is 11.4 Å². The van der Waals surface area contributed by atoms with Crippen molar-refractivity contribution >= 4 is 51.9 Å². The molecule has 1 heterocycles. The van der Waals surface area contributed by atoms with E-state index in [4.69, 9.17) is 13.9 Å². The zero-order valence-corrected chi connectivity index (χ0v) is 29.8. The monoisotopic (exact) mass is 651 g/mol. The molecule has 5 nitrogen and oxygen atoms in total. The van der Waals surface area contributed by atoms with Crippen molar-refractivity contribution in [3.05, 3.63) is 109 Å². The molecule has 0 saturated carbocycles. The number of amides is 1. The third-order valence-corrected chi connectivity index (χ3v) is 14.2. The van der Waals surface area contributed by atoms with E-state index in [1.807, 2.05) is 51.1 Å². The van der Waals surface area contributed by atoms with Gasteiger partial charge in [-0.1, -0.05) is 93.6 Å². The fourth-order valence-electron chi connectivity index (χ4n) is 5.76. The molecule has 0 atom stereocenters. The third-order valence-electron chi connectivity index (χ3n) is 7.99. The molecule has 0 aliphatic heterocycles. The van der Waals surface area contributed by atoms with Gasteiger partial charge in [0.25, 0.3) is 8.32 Å². The SMILES string of the molecule is CN(C(=O)OC(C)(C)C)c1ccc(-c2cc3ccc(OCCCO[Si](c4ccccc4)(c4ccccc4)C(C)(C)C)cc3s2)cc1. The Balaban J connectivity index is 1.23. The average molecular weight is 652 g/mol. The second-order valence-corrected chi connectivity index (χ2v) is 19.0. The Bertz CT molecular complexity index is 1700. The summed E-state index contributed by atoms with van der Waals surface area (Å²) in [6.45, 7) is 13.7. The molecule has 7 heteroatoms. The molecule has 46 heavy (non-hydrogen) atoms. The summed E-state index contributed by atoms with van der Waals surface area (Å²) in [6.07, 6.45) is 0.423. The van der Waals surface area contributed by atoms with Crippen LogP contribution in [-0.2, 0) is 9.16 Å². The highest BCUT2D eigenvalue weighted by molar-refractivity contribution is 7.22. The van der Waals surface area contributed by atoms with Crippen molar-refractivity contribution in [2.75, 3.05) is 25.2 Å². The molecule has 0 spiro atoms. The number of thiophene rings is 1. The van der Waals surface area contributed by atoms with Crippen LogP contribution >= 0.6 is 11.3 Å². The van der Waals surface area contributed by atoms with Crippen molar-refractivity contribution in [2.24, 2.45) is 0 Å². The van der Waals surface area contributed by atoms with Gasteiger partial charge >= 0.3 is 6.09 Å². The van der Waals surface area contributed by atoms with Crippen molar-refractivity contribution in [3.63, 3.8) is 0 Å². The number of carbonyl (C=O) groups excluding carboxylic acids is 1. The third kappa shape index (κ3) is 7.55. The average Bonchev–Trinajstić information content (AvgIpc) is 3.45. The van der Waals surface area contributed by atoms with Gasteiger partial charge in [-0.3, -0.25) is 4.90 Å². The number of fused-ring (bicyclic) bond motifs is 1. The summed E-state index contributed by atoms with van der Waals surface area (Å²) in [5, 5.41) is 3.71. The largest absolute Gasteiger partial charge is 0.493 e. The maximum atomic E-state index is 12.5. The van der Waals surface area contributed by atoms with Gasteiger partial charge in [0, 0.05) is 35.3 Å². The van der Waals surface area contributed by atoms with E-state index in [1.165, 1.54) is 25.4 Å². The summed E-state index contributed by atoms with van der Waals surface area (Å²) in [4.78, 5) is 15.2. The lowest BCUT2D eigenvalue weighted by Crippen LogP contribution is -2.66. The topological polar surface area (TPSA) is 48.0 Å². The van der Waals surface area contributed by atoms with Crippen molar-refractivity contribution in [3.8, 4) is 16.2 Å². The molecule has 0 N–H and O–H groups in total. The van der Waals surface area contributed by atoms with Gasteiger partial charge < -0.3 is 13.9 Å². The maximum absolute atomic E-state index is 12.5. The van der Waals surface area contributed by atoms with E-state index in [0.717, 1.165) is 28.3 Å². The predicted molar refractivity (Wildman–Crippen MR) is 196 cm³/mol. The van der Waals surface area contributed by atoms with Gasteiger partial charge in [-0.15, -0.1) is 11.3 Å². The van der Waals surface area contributed by atoms with Crippen molar-refractivity contribution in [2.45, 2.75) is 58.6 Å². The molecule has 1 amide bonds. The number of hydrogen-bond acceptors (Lipinski definition) is 5. The first-order valence-electron chi connectivity index (χ1n) is 15.9. The maximum Gasteiger partial charge on any atom is 0.414 e. The van der Waals surface area contributed by atoms with Crippen LogP contribution in [0.4, 0.5) is 10.5 Å². The Kier molecular flexibility index (Phi) is 10.1. The second kappa shape index (κ2) is 13.8. The molecule has 0 radical (unpaired) electrons. The van der Waals surface area contributed by atoms with E-state index in [2.05, 4.69) is 99.6 Å². The summed E-state index contributed by atoms with van der Waals surface area (Å²) in [7, 11) is -0.821. The van der Waals surface area contributed by atoms with Crippen LogP contribution in [0.15, 0.2) is 109 Å². The number of ether oxygens (including phenoxy) is 2. The minimum atomic E-state index is -2.55. The molecule has 0 unspecified atom stereocenters. The highest BCUT2D eigenvalue weighted by Gasteiger charge is 2.49. The first-order valence-corrected chi connectivity index (χ1v) is 18.6. The summed E-state index contributed by atoms with van der Waals surface area (Å²) in [6, 6.07) is 38.0. The van der Waals surface area contributed by atoms with Gasteiger partial charge in [-0.25, -0.2) is 4.79 Å². The first kappa shape index (κ1) is 33.5. The van der Waals surface area contributed by atoms with E-state index in [0.29, 0.717) is 13.2 Å². The normalized spacial score (nSPS) is 12.2. The zero-order valence-electron chi connectivity index (χ0n) is 28.0. The molecular formula is C39H45NO4SSi. The number of nitrogens with zero attached hydrogens (tertiary/aromatic N) is 1. The highest BCUT2D eigenvalue weighted by Crippen LogP contribution is 2.38. The molecule has 240 valence electrons. The lowest BCUT2D eigenvalue weighted by Gasteiger charge is -2.43. The number of benzene rings is 4. The van der Waals surface area contributed by atoms with Crippen LogP contribution in [0.25, 0.3) is 20.5 Å². The van der Waals surface area contributed by atoms with Crippen LogP contribution in [0.1, 0.15) is 48.0 Å². The molecular weight excluding hydrogens is 607 g/mol. The Morgan fingerprint density at radius 3 is 1.93 bits per heavy atom. The first-order chi connectivity index (χ1) is 21.9. The quantitative estimate of drug-likeness (QED) is 0.112. The smallest absolute Gasteiger partial charge is 0.414 e. The lowest BCUT2D eigenvalue weighted by atomic mass is 10.1. The second-order valence-electron chi connectivity index (χ2n) is 13.6. The molecule has 0 saturated heterocycles. The summed E-state index contributed by atoms with van der Waals surface area (Å²) < 4.78 is 19.9. The summed E-state index contributed by atoms with van der Waals surface area (Å²) in [5.74, 6) is 0.862. The molecule has 1 aromatic heterocycles. The van der Waals surface area contributed by atoms with E-state index in [9.17, 15) is 4.79 Å². The van der Waals surface area contributed by atoms with Crippen LogP contribution in [0.2, 0.25) is 5.04 Å². The van der Waals surface area contributed by atoms with E-state index >= 15 is 0 Å². The van der Waals surface area contributed by atoms with Crippen LogP contribution < -0.4 is 20.0 Å². The lowest BCUT2D eigenvalue weighted by molar-refractivity contribution is 0.0589. The van der Waals surface area contributed by atoms with Crippen molar-refractivity contribution in [1.82, 2.24) is 0 Å². The van der Waals surface area contributed by atoms with Gasteiger partial charge in [0.05, 0.1) is 6.61 Å². The standard InChI is InChI=1S/C39H45NO4SSi/c1-38(2,3)44-37(41)40(7)31-22-19-29(20-23-31)35-27-30-21-24-32(28-36(30)45-35)42-25-14-26-43-46(39(4,5)6,33-15-10-8-11-16-33)34-17-12-9-13-18-34/h8-13,15-24,27-28H,14,25-26H2,1-7H3. The van der Waals surface area contributed by atoms with Crippen molar-refractivity contribution < 1.29 is 18.7 Å². The number of hydrogen-bond donors (Lipinski definition) is 0. The van der Waals surface area contributed by atoms with E-state index in [-0.39, 0.29) is 11.1 Å². The number of anilines is 1. The highest BCUT2D eigenvalue weighted by atomic mass is 32.1. The Morgan fingerprint density at radius 2 is 1.37 bits per heavy atom. The molecule has 0 aliphatic carbocycles. The summed E-state index contributed by atoms with van der Waals surface area (Å²) >= 11 is 1.73. The molecule has 4 aromatic carbocycles. The van der Waals surface area contributed by atoms with Crippen molar-refractivity contribution in [1.29, 1.82) is 0 Å². The van der Waals surface area contributed by atoms with Crippen LogP contribution in [0.3, 0.4) is 0 Å². The molecule has 0 fully saturated rings.